The first kappa shape index (κ1) is 14.3. The number of carbonyl (C=O) groups is 2. The largest absolute Gasteiger partial charge is 0.480 e. The van der Waals surface area contributed by atoms with Gasteiger partial charge >= 0.3 is 12.0 Å². The molecule has 2 N–H and O–H groups in total. The number of benzene rings is 1. The topological polar surface area (TPSA) is 78.9 Å². The van der Waals surface area contributed by atoms with E-state index in [0.29, 0.717) is 26.1 Å². The molecule has 2 rings (SSSR count). The number of hydrogen-bond acceptors (Lipinski definition) is 3. The number of carbonyl (C=O) groups excluding carboxylic acids is 1. The van der Waals surface area contributed by atoms with Crippen LogP contribution >= 0.6 is 0 Å². The van der Waals surface area contributed by atoms with Gasteiger partial charge in [0.1, 0.15) is 6.04 Å². The summed E-state index contributed by atoms with van der Waals surface area (Å²) in [5.74, 6) is -0.985. The van der Waals surface area contributed by atoms with Crippen molar-refractivity contribution >= 4 is 12.0 Å². The monoisotopic (exact) mass is 278 g/mol. The van der Waals surface area contributed by atoms with E-state index in [2.05, 4.69) is 5.32 Å². The highest BCUT2D eigenvalue weighted by molar-refractivity contribution is 5.83. The Bertz CT molecular complexity index is 504. The van der Waals surface area contributed by atoms with Gasteiger partial charge in [0.05, 0.1) is 6.61 Å². The molecule has 6 nitrogen and oxygen atoms in total. The predicted octanol–water partition coefficient (Wildman–Crippen LogP) is 0.854. The van der Waals surface area contributed by atoms with Gasteiger partial charge in [-0.05, 0) is 11.1 Å². The summed E-state index contributed by atoms with van der Waals surface area (Å²) in [5, 5.41) is 12.0. The minimum absolute atomic E-state index is 0.311. The van der Waals surface area contributed by atoms with E-state index in [1.807, 2.05) is 24.3 Å². The van der Waals surface area contributed by atoms with Gasteiger partial charge in [-0.15, -0.1) is 0 Å². The maximum atomic E-state index is 12.1. The molecule has 1 aliphatic rings. The molecule has 1 aromatic rings. The molecule has 1 unspecified atom stereocenters. The highest BCUT2D eigenvalue weighted by Gasteiger charge is 2.34. The van der Waals surface area contributed by atoms with Gasteiger partial charge in [-0.25, -0.2) is 9.59 Å². The highest BCUT2D eigenvalue weighted by atomic mass is 16.5. The molecule has 0 spiro atoms. The van der Waals surface area contributed by atoms with Gasteiger partial charge in [0.25, 0.3) is 0 Å². The summed E-state index contributed by atoms with van der Waals surface area (Å²) < 4.78 is 4.86. The van der Waals surface area contributed by atoms with E-state index in [-0.39, 0.29) is 6.03 Å². The third-order valence-corrected chi connectivity index (χ3v) is 3.38. The van der Waals surface area contributed by atoms with Crippen molar-refractivity contribution in [2.45, 2.75) is 19.0 Å². The number of ether oxygens (including phenoxy) is 1. The summed E-state index contributed by atoms with van der Waals surface area (Å²) in [6.45, 7) is 1.07. The second-order valence-corrected chi connectivity index (χ2v) is 4.68. The van der Waals surface area contributed by atoms with Crippen molar-refractivity contribution in [1.29, 1.82) is 0 Å². The van der Waals surface area contributed by atoms with E-state index >= 15 is 0 Å². The Balaban J connectivity index is 2.13. The van der Waals surface area contributed by atoms with Crippen molar-refractivity contribution in [2.24, 2.45) is 0 Å². The van der Waals surface area contributed by atoms with Crippen LogP contribution in [0.15, 0.2) is 24.3 Å². The molecule has 108 valence electrons. The van der Waals surface area contributed by atoms with Crippen LogP contribution in [0, 0.1) is 0 Å². The van der Waals surface area contributed by atoms with Gasteiger partial charge in [0, 0.05) is 26.6 Å². The van der Waals surface area contributed by atoms with E-state index in [1.165, 1.54) is 4.90 Å². The van der Waals surface area contributed by atoms with E-state index in [1.54, 1.807) is 7.11 Å². The van der Waals surface area contributed by atoms with Crippen LogP contribution in [0.2, 0.25) is 0 Å². The summed E-state index contributed by atoms with van der Waals surface area (Å²) in [6.07, 6.45) is 0.337. The maximum Gasteiger partial charge on any atom is 0.326 e. The molecule has 2 amide bonds. The Morgan fingerprint density at radius 2 is 2.10 bits per heavy atom. The molecule has 0 saturated heterocycles. The molecule has 0 bridgehead atoms. The molecule has 0 fully saturated rings. The Morgan fingerprint density at radius 1 is 1.40 bits per heavy atom. The summed E-state index contributed by atoms with van der Waals surface area (Å²) in [4.78, 5) is 24.8. The third kappa shape index (κ3) is 3.08. The fraction of sp³-hybridized carbons (Fsp3) is 0.429. The number of aliphatic carboxylic acids is 1. The Hall–Kier alpha value is -2.08. The molecule has 1 atom stereocenters. The fourth-order valence-electron chi connectivity index (χ4n) is 2.32. The standard InChI is InChI=1S/C14H18N2O4/c1-20-7-6-15-14(19)16-9-11-5-3-2-4-10(11)8-12(16)13(17)18/h2-5,12H,6-9H2,1H3,(H,15,19)(H,17,18). The smallest absolute Gasteiger partial charge is 0.326 e. The first-order valence-electron chi connectivity index (χ1n) is 6.46. The fourth-order valence-corrected chi connectivity index (χ4v) is 2.32. The number of carboxylic acids is 1. The molecule has 0 aromatic heterocycles. The lowest BCUT2D eigenvalue weighted by atomic mass is 9.94. The van der Waals surface area contributed by atoms with Crippen molar-refractivity contribution in [1.82, 2.24) is 10.2 Å². The molecule has 0 radical (unpaired) electrons. The number of amides is 2. The minimum atomic E-state index is -0.985. The molecule has 0 aliphatic carbocycles. The average Bonchev–Trinajstić information content (AvgIpc) is 2.46. The normalized spacial score (nSPS) is 17.4. The van der Waals surface area contributed by atoms with Gasteiger partial charge < -0.3 is 20.1 Å². The van der Waals surface area contributed by atoms with Crippen molar-refractivity contribution in [3.63, 3.8) is 0 Å². The summed E-state index contributed by atoms with van der Waals surface area (Å²) in [5.41, 5.74) is 1.98. The minimum Gasteiger partial charge on any atom is -0.480 e. The summed E-state index contributed by atoms with van der Waals surface area (Å²) in [6, 6.07) is 6.40. The zero-order valence-electron chi connectivity index (χ0n) is 11.3. The van der Waals surface area contributed by atoms with Crippen LogP contribution in [-0.4, -0.2) is 48.3 Å². The summed E-state index contributed by atoms with van der Waals surface area (Å²) in [7, 11) is 1.54. The van der Waals surface area contributed by atoms with Gasteiger partial charge in [0.15, 0.2) is 0 Å². The highest BCUT2D eigenvalue weighted by Crippen LogP contribution is 2.23. The second-order valence-electron chi connectivity index (χ2n) is 4.68. The number of rotatable bonds is 4. The zero-order valence-corrected chi connectivity index (χ0v) is 11.3. The van der Waals surface area contributed by atoms with Crippen LogP contribution in [0.4, 0.5) is 4.79 Å². The molecule has 1 aliphatic heterocycles. The van der Waals surface area contributed by atoms with E-state index in [0.717, 1.165) is 11.1 Å². The lowest BCUT2D eigenvalue weighted by molar-refractivity contribution is -0.142. The van der Waals surface area contributed by atoms with Crippen LogP contribution in [-0.2, 0) is 22.5 Å². The first-order valence-corrected chi connectivity index (χ1v) is 6.46. The quantitative estimate of drug-likeness (QED) is 0.800. The van der Waals surface area contributed by atoms with Crippen LogP contribution in [0.3, 0.4) is 0 Å². The number of hydrogen-bond donors (Lipinski definition) is 2. The van der Waals surface area contributed by atoms with Crippen molar-refractivity contribution in [3.8, 4) is 0 Å². The van der Waals surface area contributed by atoms with E-state index < -0.39 is 12.0 Å². The van der Waals surface area contributed by atoms with Gasteiger partial charge in [-0.1, -0.05) is 24.3 Å². The molecule has 0 saturated carbocycles. The lowest BCUT2D eigenvalue weighted by Gasteiger charge is -2.34. The Morgan fingerprint density at radius 3 is 2.75 bits per heavy atom. The number of fused-ring (bicyclic) bond motifs is 1. The first-order chi connectivity index (χ1) is 9.63. The van der Waals surface area contributed by atoms with Crippen molar-refractivity contribution < 1.29 is 19.4 Å². The number of nitrogens with one attached hydrogen (secondary N) is 1. The van der Waals surface area contributed by atoms with Gasteiger partial charge in [0.2, 0.25) is 0 Å². The van der Waals surface area contributed by atoms with Crippen molar-refractivity contribution in [2.75, 3.05) is 20.3 Å². The predicted molar refractivity (Wildman–Crippen MR) is 72.4 cm³/mol. The second kappa shape index (κ2) is 6.38. The van der Waals surface area contributed by atoms with E-state index in [4.69, 9.17) is 4.74 Å². The molecule has 1 aromatic carbocycles. The zero-order chi connectivity index (χ0) is 14.5. The molecule has 6 heteroatoms. The SMILES string of the molecule is COCCNC(=O)N1Cc2ccccc2CC1C(=O)O. The van der Waals surface area contributed by atoms with Crippen LogP contribution < -0.4 is 5.32 Å². The van der Waals surface area contributed by atoms with Crippen molar-refractivity contribution in [3.05, 3.63) is 35.4 Å². The molecule has 20 heavy (non-hydrogen) atoms. The molecule has 1 heterocycles. The number of urea groups is 1. The van der Waals surface area contributed by atoms with Crippen LogP contribution in [0.25, 0.3) is 0 Å². The van der Waals surface area contributed by atoms with Gasteiger partial charge in [-0.2, -0.15) is 0 Å². The maximum absolute atomic E-state index is 12.1. The summed E-state index contributed by atoms with van der Waals surface area (Å²) >= 11 is 0. The number of nitrogens with zero attached hydrogens (tertiary/aromatic N) is 1. The van der Waals surface area contributed by atoms with Gasteiger partial charge in [-0.3, -0.25) is 0 Å². The Labute approximate surface area is 117 Å². The third-order valence-electron chi connectivity index (χ3n) is 3.38. The number of methoxy groups -OCH3 is 1. The van der Waals surface area contributed by atoms with Crippen LogP contribution in [0.1, 0.15) is 11.1 Å². The van der Waals surface area contributed by atoms with E-state index in [9.17, 15) is 14.7 Å². The lowest BCUT2D eigenvalue weighted by Crippen LogP contribution is -2.52. The number of carboxylic acid groups (broad SMARTS) is 1. The van der Waals surface area contributed by atoms with Crippen LogP contribution in [0.5, 0.6) is 0 Å². The molecular formula is C14H18N2O4. The molecular weight excluding hydrogens is 260 g/mol. The average molecular weight is 278 g/mol. The Kier molecular flexibility index (Phi) is 4.57.